The van der Waals surface area contributed by atoms with E-state index in [1.807, 2.05) is 30.3 Å². The minimum Gasteiger partial charge on any atom is -0.491 e. The Labute approximate surface area is 116 Å². The maximum absolute atomic E-state index is 11.4. The summed E-state index contributed by atoms with van der Waals surface area (Å²) in [7, 11) is 0. The Kier molecular flexibility index (Phi) is 7.19. The molecular formula is C12H17NO3S2. The van der Waals surface area contributed by atoms with Crippen LogP contribution in [0.25, 0.3) is 0 Å². The summed E-state index contributed by atoms with van der Waals surface area (Å²) in [5.74, 6) is 1.27. The molecule has 1 unspecified atom stereocenters. The second-order valence-electron chi connectivity index (χ2n) is 3.70. The average molecular weight is 287 g/mol. The Morgan fingerprint density at radius 2 is 2.11 bits per heavy atom. The van der Waals surface area contributed by atoms with Gasteiger partial charge < -0.3 is 15.6 Å². The Balaban J connectivity index is 2.22. The topological polar surface area (TPSA) is 72.6 Å². The van der Waals surface area contributed by atoms with E-state index in [2.05, 4.69) is 12.6 Å². The molecule has 0 heterocycles. The first-order chi connectivity index (χ1) is 8.63. The molecule has 0 spiro atoms. The summed E-state index contributed by atoms with van der Waals surface area (Å²) < 4.78 is 5.37. The number of hydrogen-bond donors (Lipinski definition) is 3. The van der Waals surface area contributed by atoms with Crippen LogP contribution in [0.2, 0.25) is 0 Å². The quantitative estimate of drug-likeness (QED) is 0.651. The van der Waals surface area contributed by atoms with Gasteiger partial charge in [-0.25, -0.2) is 0 Å². The molecule has 0 saturated heterocycles. The van der Waals surface area contributed by atoms with E-state index in [-0.39, 0.29) is 17.5 Å². The van der Waals surface area contributed by atoms with Crippen molar-refractivity contribution in [2.24, 2.45) is 5.73 Å². The lowest BCUT2D eigenvalue weighted by atomic mass is 10.3. The number of rotatable bonds is 7. The van der Waals surface area contributed by atoms with Crippen LogP contribution in [0.3, 0.4) is 0 Å². The molecule has 0 saturated carbocycles. The van der Waals surface area contributed by atoms with Gasteiger partial charge in [0.05, 0.1) is 12.1 Å². The molecular weight excluding hydrogens is 270 g/mol. The van der Waals surface area contributed by atoms with Crippen LogP contribution in [0.4, 0.5) is 0 Å². The molecule has 0 amide bonds. The fraction of sp³-hybridized carbons (Fsp3) is 0.417. The number of thiol groups is 1. The van der Waals surface area contributed by atoms with Crippen molar-refractivity contribution in [1.29, 1.82) is 0 Å². The zero-order valence-corrected chi connectivity index (χ0v) is 11.6. The van der Waals surface area contributed by atoms with Gasteiger partial charge in [-0.05, 0) is 12.1 Å². The second-order valence-corrected chi connectivity index (χ2v) is 5.09. The second kappa shape index (κ2) is 8.42. The predicted octanol–water partition coefficient (Wildman–Crippen LogP) is 0.943. The van der Waals surface area contributed by atoms with Crippen LogP contribution in [-0.2, 0) is 4.79 Å². The van der Waals surface area contributed by atoms with Crippen LogP contribution >= 0.6 is 24.4 Å². The summed E-state index contributed by atoms with van der Waals surface area (Å²) in [6, 6.07) is 8.62. The van der Waals surface area contributed by atoms with Crippen LogP contribution in [0.5, 0.6) is 5.75 Å². The van der Waals surface area contributed by atoms with Gasteiger partial charge in [0.1, 0.15) is 12.4 Å². The monoisotopic (exact) mass is 287 g/mol. The summed E-state index contributed by atoms with van der Waals surface area (Å²) >= 11 is 4.95. The van der Waals surface area contributed by atoms with Gasteiger partial charge in [-0.1, -0.05) is 30.0 Å². The SMILES string of the molecule is N[C@@H](CS)C(=O)SCC(O)COc1ccccc1. The number of aliphatic hydroxyl groups excluding tert-OH is 1. The minimum absolute atomic E-state index is 0.153. The Morgan fingerprint density at radius 3 is 2.72 bits per heavy atom. The average Bonchev–Trinajstić information content (AvgIpc) is 2.42. The number of nitrogens with two attached hydrogens (primary N) is 1. The highest BCUT2D eigenvalue weighted by atomic mass is 32.2. The van der Waals surface area contributed by atoms with Crippen molar-refractivity contribution >= 4 is 29.5 Å². The molecule has 1 aromatic rings. The van der Waals surface area contributed by atoms with E-state index in [9.17, 15) is 9.90 Å². The Morgan fingerprint density at radius 1 is 1.44 bits per heavy atom. The van der Waals surface area contributed by atoms with Gasteiger partial charge >= 0.3 is 0 Å². The lowest BCUT2D eigenvalue weighted by Gasteiger charge is -2.12. The highest BCUT2D eigenvalue weighted by Gasteiger charge is 2.15. The van der Waals surface area contributed by atoms with Gasteiger partial charge in [-0.2, -0.15) is 12.6 Å². The van der Waals surface area contributed by atoms with Gasteiger partial charge in [0.25, 0.3) is 0 Å². The van der Waals surface area contributed by atoms with E-state index in [1.54, 1.807) is 0 Å². The van der Waals surface area contributed by atoms with Gasteiger partial charge in [-0.15, -0.1) is 0 Å². The number of ether oxygens (including phenoxy) is 1. The van der Waals surface area contributed by atoms with Crippen LogP contribution in [-0.4, -0.2) is 40.5 Å². The van der Waals surface area contributed by atoms with Gasteiger partial charge in [0.2, 0.25) is 5.12 Å². The third kappa shape index (κ3) is 5.77. The molecule has 18 heavy (non-hydrogen) atoms. The predicted molar refractivity (Wildman–Crippen MR) is 77.2 cm³/mol. The third-order valence-corrected chi connectivity index (χ3v) is 3.64. The van der Waals surface area contributed by atoms with Crippen molar-refractivity contribution in [3.05, 3.63) is 30.3 Å². The molecule has 0 aliphatic rings. The van der Waals surface area contributed by atoms with Crippen LogP contribution in [0.1, 0.15) is 0 Å². The molecule has 0 bridgehead atoms. The Hall–Kier alpha value is -0.690. The molecule has 2 atom stereocenters. The van der Waals surface area contributed by atoms with Gasteiger partial charge in [0, 0.05) is 11.5 Å². The number of carbonyl (C=O) groups excluding carboxylic acids is 1. The maximum Gasteiger partial charge on any atom is 0.206 e. The largest absolute Gasteiger partial charge is 0.491 e. The lowest BCUT2D eigenvalue weighted by molar-refractivity contribution is -0.111. The smallest absolute Gasteiger partial charge is 0.206 e. The number of thioether (sulfide) groups is 1. The fourth-order valence-corrected chi connectivity index (χ4v) is 2.16. The lowest BCUT2D eigenvalue weighted by Crippen LogP contribution is -2.31. The van der Waals surface area contributed by atoms with E-state index in [0.717, 1.165) is 11.8 Å². The van der Waals surface area contributed by atoms with Crippen LogP contribution in [0, 0.1) is 0 Å². The van der Waals surface area contributed by atoms with Crippen molar-refractivity contribution in [1.82, 2.24) is 0 Å². The minimum atomic E-state index is -0.703. The van der Waals surface area contributed by atoms with Gasteiger partial charge in [-0.3, -0.25) is 4.79 Å². The first kappa shape index (κ1) is 15.4. The van der Waals surface area contributed by atoms with Crippen molar-refractivity contribution in [3.63, 3.8) is 0 Å². The molecule has 1 rings (SSSR count). The van der Waals surface area contributed by atoms with E-state index < -0.39 is 12.1 Å². The number of carbonyl (C=O) groups is 1. The third-order valence-electron chi connectivity index (χ3n) is 2.10. The number of benzene rings is 1. The standard InChI is InChI=1S/C12H17NO3S2/c13-11(7-17)12(15)18-8-9(14)6-16-10-4-2-1-3-5-10/h1-5,9,11,14,17H,6-8,13H2/t9?,11-/m0/s1. The summed E-state index contributed by atoms with van der Waals surface area (Å²) in [5.41, 5.74) is 5.51. The summed E-state index contributed by atoms with van der Waals surface area (Å²) in [6.45, 7) is 0.153. The normalized spacial score (nSPS) is 13.9. The van der Waals surface area contributed by atoms with Crippen molar-refractivity contribution in [2.75, 3.05) is 18.1 Å². The van der Waals surface area contributed by atoms with E-state index in [1.165, 1.54) is 0 Å². The van der Waals surface area contributed by atoms with Crippen molar-refractivity contribution < 1.29 is 14.6 Å². The highest BCUT2D eigenvalue weighted by molar-refractivity contribution is 8.13. The molecule has 4 nitrogen and oxygen atoms in total. The maximum atomic E-state index is 11.4. The number of hydrogen-bond acceptors (Lipinski definition) is 6. The van der Waals surface area contributed by atoms with Crippen molar-refractivity contribution in [2.45, 2.75) is 12.1 Å². The molecule has 0 fully saturated rings. The number of para-hydroxylation sites is 1. The van der Waals surface area contributed by atoms with Crippen LogP contribution < -0.4 is 10.5 Å². The van der Waals surface area contributed by atoms with E-state index >= 15 is 0 Å². The zero-order valence-electron chi connectivity index (χ0n) is 9.86. The molecule has 6 heteroatoms. The molecule has 0 aromatic heterocycles. The molecule has 0 aliphatic carbocycles. The van der Waals surface area contributed by atoms with Crippen molar-refractivity contribution in [3.8, 4) is 5.75 Å². The summed E-state index contributed by atoms with van der Waals surface area (Å²) in [4.78, 5) is 11.4. The summed E-state index contributed by atoms with van der Waals surface area (Å²) in [5, 5.41) is 9.49. The molecule has 3 N–H and O–H groups in total. The van der Waals surface area contributed by atoms with E-state index in [0.29, 0.717) is 11.5 Å². The first-order valence-corrected chi connectivity index (χ1v) is 7.14. The highest BCUT2D eigenvalue weighted by Crippen LogP contribution is 2.11. The zero-order chi connectivity index (χ0) is 13.4. The fourth-order valence-electron chi connectivity index (χ4n) is 1.12. The van der Waals surface area contributed by atoms with Crippen LogP contribution in [0.15, 0.2) is 30.3 Å². The molecule has 1 aromatic carbocycles. The van der Waals surface area contributed by atoms with E-state index in [4.69, 9.17) is 10.5 Å². The molecule has 0 radical (unpaired) electrons. The molecule has 0 aliphatic heterocycles. The van der Waals surface area contributed by atoms with Gasteiger partial charge in [0.15, 0.2) is 0 Å². The molecule has 100 valence electrons. The first-order valence-electron chi connectivity index (χ1n) is 5.52. The Bertz CT molecular complexity index is 362. The number of aliphatic hydroxyl groups is 1. The summed E-state index contributed by atoms with van der Waals surface area (Å²) in [6.07, 6.45) is -0.703.